The summed E-state index contributed by atoms with van der Waals surface area (Å²) in [5, 5.41) is 24.3. The molecule has 182 valence electrons. The highest BCUT2D eigenvalue weighted by atomic mass is 35.5. The first-order chi connectivity index (χ1) is 15.9. The number of carbonyl (C=O) groups excluding carboxylic acids is 1. The van der Waals surface area contributed by atoms with Gasteiger partial charge in [-0.05, 0) is 43.3 Å². The molecule has 0 unspecified atom stereocenters. The zero-order valence-corrected chi connectivity index (χ0v) is 19.5. The minimum absolute atomic E-state index is 0.0590. The highest BCUT2D eigenvalue weighted by Gasteiger charge is 2.17. The number of halogens is 2. The van der Waals surface area contributed by atoms with E-state index in [1.165, 1.54) is 37.3 Å². The van der Waals surface area contributed by atoms with Gasteiger partial charge in [-0.1, -0.05) is 23.2 Å². The molecule has 16 heteroatoms. The average molecular weight is 534 g/mol. The van der Waals surface area contributed by atoms with Crippen molar-refractivity contribution in [1.29, 1.82) is 0 Å². The molecule has 0 radical (unpaired) electrons. The summed E-state index contributed by atoms with van der Waals surface area (Å²) in [6.07, 6.45) is 0. The molecule has 0 saturated carbocycles. The predicted molar refractivity (Wildman–Crippen MR) is 123 cm³/mol. The number of primary amides is 1. The molecule has 0 aliphatic rings. The fourth-order valence-corrected chi connectivity index (χ4v) is 3.58. The number of nitrogens with zero attached hydrogens (tertiary/aromatic N) is 2. The topological polar surface area (TPSA) is 185 Å². The monoisotopic (exact) mass is 533 g/mol. The Morgan fingerprint density at radius 3 is 2.44 bits per heavy atom. The largest absolute Gasteiger partial charge is 0.358 e. The van der Waals surface area contributed by atoms with Crippen molar-refractivity contribution >= 4 is 62.5 Å². The third-order valence-electron chi connectivity index (χ3n) is 3.79. The van der Waals surface area contributed by atoms with Crippen LogP contribution in [0.15, 0.2) is 79.6 Å². The van der Waals surface area contributed by atoms with Crippen molar-refractivity contribution in [3.8, 4) is 0 Å². The van der Waals surface area contributed by atoms with Crippen LogP contribution in [0.4, 0.5) is 31.9 Å². The lowest BCUT2D eigenvalue weighted by Crippen LogP contribution is -2.19. The second kappa shape index (κ2) is 11.9. The predicted octanol–water partition coefficient (Wildman–Crippen LogP) is 5.63. The molecule has 0 aliphatic heterocycles. The molecule has 2 amide bonds. The lowest BCUT2D eigenvalue weighted by atomic mass is 10.2. The van der Waals surface area contributed by atoms with Crippen molar-refractivity contribution in [1.82, 2.24) is 0 Å². The number of carbonyl (C=O) groups is 1. The Morgan fingerprint density at radius 1 is 1.21 bits per heavy atom. The van der Waals surface area contributed by atoms with Crippen molar-refractivity contribution in [2.24, 2.45) is 16.0 Å². The maximum atomic E-state index is 13.2. The summed E-state index contributed by atoms with van der Waals surface area (Å²) in [5.74, 6) is -0.845. The van der Waals surface area contributed by atoms with Gasteiger partial charge in [-0.2, -0.15) is 8.42 Å². The maximum absolute atomic E-state index is 13.2. The third-order valence-corrected chi connectivity index (χ3v) is 5.74. The van der Waals surface area contributed by atoms with Gasteiger partial charge < -0.3 is 16.4 Å². The Labute approximate surface area is 202 Å². The van der Waals surface area contributed by atoms with Crippen LogP contribution in [-0.2, 0) is 19.5 Å². The fourth-order valence-electron chi connectivity index (χ4n) is 2.41. The Bertz CT molecular complexity index is 1270. The number of nitrogens with one attached hydrogen (secondary N) is 2. The molecule has 2 rings (SSSR count). The first kappa shape index (κ1) is 27.2. The van der Waals surface area contributed by atoms with Crippen molar-refractivity contribution in [3.05, 3.63) is 59.5 Å². The highest BCUT2D eigenvalue weighted by molar-refractivity contribution is 7.94. The summed E-state index contributed by atoms with van der Waals surface area (Å²) < 4.78 is 50.4. The van der Waals surface area contributed by atoms with Gasteiger partial charge in [-0.25, -0.2) is 14.4 Å². The summed E-state index contributed by atoms with van der Waals surface area (Å²) in [7, 11) is -4.73. The van der Waals surface area contributed by atoms with E-state index in [1.807, 2.05) is 0 Å². The number of benzene rings is 2. The Kier molecular flexibility index (Phi) is 9.51. The number of rotatable bonds is 10. The first-order valence-electron chi connectivity index (χ1n) is 8.79. The Hall–Kier alpha value is -3.05. The van der Waals surface area contributed by atoms with Crippen molar-refractivity contribution < 1.29 is 36.8 Å². The van der Waals surface area contributed by atoms with Crippen LogP contribution in [0.2, 0.25) is 0 Å². The minimum Gasteiger partial charge on any atom is -0.358 e. The highest BCUT2D eigenvalue weighted by Crippen LogP contribution is 2.34. The van der Waals surface area contributed by atoms with Crippen molar-refractivity contribution in [2.75, 3.05) is 10.6 Å². The zero-order valence-electron chi connectivity index (χ0n) is 17.2. The van der Waals surface area contributed by atoms with Crippen LogP contribution in [0.25, 0.3) is 0 Å². The van der Waals surface area contributed by atoms with Crippen molar-refractivity contribution in [3.63, 3.8) is 0 Å². The van der Waals surface area contributed by atoms with E-state index >= 15 is 0 Å². The van der Waals surface area contributed by atoms with Crippen LogP contribution in [0, 0.1) is 0 Å². The fraction of sp³-hybridized carbons (Fsp3) is 0.0556. The molecule has 0 aliphatic carbocycles. The molecule has 0 fully saturated rings. The number of anilines is 2. The molecule has 0 spiro atoms. The van der Waals surface area contributed by atoms with Gasteiger partial charge in [-0.15, -0.1) is 14.6 Å². The van der Waals surface area contributed by atoms with E-state index in [0.29, 0.717) is 17.7 Å². The third kappa shape index (κ3) is 7.77. The molecule has 0 saturated heterocycles. The Morgan fingerprint density at radius 2 is 1.85 bits per heavy atom. The van der Waals surface area contributed by atoms with E-state index in [-0.39, 0.29) is 32.7 Å². The lowest BCUT2D eigenvalue weighted by molar-refractivity contribution is -0.432. The number of azo groups is 1. The summed E-state index contributed by atoms with van der Waals surface area (Å²) >= 11 is 6.26. The summed E-state index contributed by atoms with van der Waals surface area (Å²) in [6, 6.07) is 6.90. The number of amides is 2. The maximum Gasteiger partial charge on any atom is 0.316 e. The zero-order chi connectivity index (χ0) is 25.5. The van der Waals surface area contributed by atoms with E-state index in [0.717, 1.165) is 6.07 Å². The van der Waals surface area contributed by atoms with Crippen LogP contribution < -0.4 is 16.4 Å². The molecular weight excluding hydrogens is 517 g/mol. The molecule has 0 aromatic heterocycles. The standard InChI is InChI=1S/C18H17ClFN5O7S2/c1-9(20)17(19)10(2)22-11-3-5-13(15(7-11)23-18(21)26)24-25-14-6-4-12(33-32-31-27)8-16(14)34(28,29)30/h3-8,22,27H,1H2,2H3,(H3,21,23,26)(H,28,29,30)/b17-10-,25-24+. The number of nitrogens with two attached hydrogens (primary N) is 1. The number of allylic oxidation sites excluding steroid dienone is 3. The minimum atomic E-state index is -4.73. The van der Waals surface area contributed by atoms with Gasteiger partial charge in [0.05, 0.1) is 22.8 Å². The number of hydrogen-bond donors (Lipinski definition) is 5. The quantitative estimate of drug-likeness (QED) is 0.0643. The summed E-state index contributed by atoms with van der Waals surface area (Å²) in [4.78, 5) is 10.9. The van der Waals surface area contributed by atoms with E-state index in [4.69, 9.17) is 22.6 Å². The van der Waals surface area contributed by atoms with Gasteiger partial charge in [0.2, 0.25) is 0 Å². The number of hydrogen-bond acceptors (Lipinski definition) is 10. The molecule has 2 aromatic carbocycles. The van der Waals surface area contributed by atoms with Gasteiger partial charge in [0.25, 0.3) is 10.1 Å². The average Bonchev–Trinajstić information content (AvgIpc) is 2.75. The lowest BCUT2D eigenvalue weighted by Gasteiger charge is -2.12. The number of urea groups is 1. The van der Waals surface area contributed by atoms with E-state index in [9.17, 15) is 22.2 Å². The second-order valence-electron chi connectivity index (χ2n) is 6.22. The first-order valence-corrected chi connectivity index (χ1v) is 11.3. The Balaban J connectivity index is 2.45. The normalized spacial score (nSPS) is 12.4. The van der Waals surface area contributed by atoms with Gasteiger partial charge in [0.15, 0.2) is 0 Å². The van der Waals surface area contributed by atoms with Crippen LogP contribution >= 0.6 is 23.6 Å². The molecule has 0 atom stereocenters. The van der Waals surface area contributed by atoms with Crippen LogP contribution in [-0.4, -0.2) is 24.3 Å². The molecular formula is C18H17ClFN5O7S2. The molecule has 6 N–H and O–H groups in total. The molecule has 2 aromatic rings. The SMILES string of the molecule is C=C(F)/C(Cl)=C(\C)Nc1ccc(/N=N/c2ccc(SOOO)cc2S(=O)(=O)O)c(NC(N)=O)c1. The van der Waals surface area contributed by atoms with E-state index in [2.05, 4.69) is 36.8 Å². The second-order valence-corrected chi connectivity index (χ2v) is 8.76. The molecule has 0 heterocycles. The van der Waals surface area contributed by atoms with Gasteiger partial charge in [0, 0.05) is 16.3 Å². The molecule has 34 heavy (non-hydrogen) atoms. The van der Waals surface area contributed by atoms with E-state index in [1.54, 1.807) is 0 Å². The van der Waals surface area contributed by atoms with Gasteiger partial charge in [0.1, 0.15) is 22.1 Å². The van der Waals surface area contributed by atoms with Crippen LogP contribution in [0.5, 0.6) is 0 Å². The smallest absolute Gasteiger partial charge is 0.316 e. The van der Waals surface area contributed by atoms with Crippen molar-refractivity contribution in [2.45, 2.75) is 16.7 Å². The molecule has 12 nitrogen and oxygen atoms in total. The summed E-state index contributed by atoms with van der Waals surface area (Å²) in [5.41, 5.74) is 5.66. The molecule has 0 bridgehead atoms. The van der Waals surface area contributed by atoms with E-state index < -0.39 is 26.9 Å². The van der Waals surface area contributed by atoms with Crippen LogP contribution in [0.3, 0.4) is 0 Å². The van der Waals surface area contributed by atoms with Gasteiger partial charge in [-0.3, -0.25) is 4.55 Å². The summed E-state index contributed by atoms with van der Waals surface area (Å²) in [6.45, 7) is 4.60. The van der Waals surface area contributed by atoms with Crippen LogP contribution in [0.1, 0.15) is 6.92 Å². The van der Waals surface area contributed by atoms with Gasteiger partial charge >= 0.3 is 6.03 Å².